The number of hydrogen-bond donors (Lipinski definition) is 1. The molecule has 0 bridgehead atoms. The van der Waals surface area contributed by atoms with Crippen LogP contribution in [0.15, 0.2) is 0 Å². The van der Waals surface area contributed by atoms with Gasteiger partial charge in [-0.1, -0.05) is 31.6 Å². The molecule has 0 saturated heterocycles. The van der Waals surface area contributed by atoms with Crippen LogP contribution in [0.4, 0.5) is 5.13 Å². The van der Waals surface area contributed by atoms with Crippen molar-refractivity contribution in [3.8, 4) is 9.88 Å². The first-order chi connectivity index (χ1) is 8.78. The summed E-state index contributed by atoms with van der Waals surface area (Å²) in [6.45, 7) is 4.37. The maximum atomic E-state index is 4.74. The van der Waals surface area contributed by atoms with Crippen LogP contribution < -0.4 is 5.32 Å². The van der Waals surface area contributed by atoms with Crippen molar-refractivity contribution in [1.82, 2.24) is 15.2 Å². The lowest BCUT2D eigenvalue weighted by molar-refractivity contribution is 0.858. The summed E-state index contributed by atoms with van der Waals surface area (Å²) in [5.74, 6) is 0. The Kier molecular flexibility index (Phi) is 4.66. The first-order valence-corrected chi connectivity index (χ1v) is 7.92. The van der Waals surface area contributed by atoms with Gasteiger partial charge in [0.05, 0.1) is 15.6 Å². The maximum absolute atomic E-state index is 4.74. The monoisotopic (exact) mass is 282 g/mol. The van der Waals surface area contributed by atoms with E-state index < -0.39 is 0 Å². The van der Waals surface area contributed by atoms with Crippen molar-refractivity contribution in [2.24, 2.45) is 0 Å². The lowest BCUT2D eigenvalue weighted by atomic mass is 10.2. The third-order valence-electron chi connectivity index (χ3n) is 2.53. The lowest BCUT2D eigenvalue weighted by Crippen LogP contribution is -1.88. The van der Waals surface area contributed by atoms with Gasteiger partial charge in [-0.2, -0.15) is 0 Å². The zero-order chi connectivity index (χ0) is 13.0. The molecule has 4 nitrogen and oxygen atoms in total. The van der Waals surface area contributed by atoms with Crippen LogP contribution in [0.3, 0.4) is 0 Å². The van der Waals surface area contributed by atoms with E-state index >= 15 is 0 Å². The molecule has 0 radical (unpaired) electrons. The van der Waals surface area contributed by atoms with E-state index in [9.17, 15) is 0 Å². The Morgan fingerprint density at radius 1 is 1.06 bits per heavy atom. The Labute approximate surface area is 116 Å². The summed E-state index contributed by atoms with van der Waals surface area (Å²) in [4.78, 5) is 5.95. The van der Waals surface area contributed by atoms with Crippen molar-refractivity contribution in [2.45, 2.75) is 39.5 Å². The van der Waals surface area contributed by atoms with E-state index in [2.05, 4.69) is 29.4 Å². The summed E-state index contributed by atoms with van der Waals surface area (Å²) in [6.07, 6.45) is 4.32. The second-order valence-electron chi connectivity index (χ2n) is 4.05. The molecule has 0 spiro atoms. The van der Waals surface area contributed by atoms with Crippen molar-refractivity contribution >= 4 is 27.8 Å². The van der Waals surface area contributed by atoms with Gasteiger partial charge in [-0.15, -0.1) is 21.5 Å². The summed E-state index contributed by atoms with van der Waals surface area (Å²) in [5.41, 5.74) is 1.18. The second-order valence-corrected chi connectivity index (χ2v) is 6.11. The van der Waals surface area contributed by atoms with Crippen LogP contribution in [-0.2, 0) is 12.8 Å². The van der Waals surface area contributed by atoms with Crippen LogP contribution in [0.25, 0.3) is 9.88 Å². The number of anilines is 1. The number of nitrogens with one attached hydrogen (secondary N) is 1. The highest BCUT2D eigenvalue weighted by Gasteiger charge is 2.16. The second kappa shape index (κ2) is 6.24. The first kappa shape index (κ1) is 13.4. The van der Waals surface area contributed by atoms with Gasteiger partial charge in [0.25, 0.3) is 0 Å². The predicted octanol–water partition coefficient (Wildman–Crippen LogP) is 3.61. The fourth-order valence-corrected chi connectivity index (χ4v) is 3.71. The van der Waals surface area contributed by atoms with Gasteiger partial charge in [-0.25, -0.2) is 4.98 Å². The molecule has 0 aliphatic heterocycles. The molecule has 0 fully saturated rings. The van der Waals surface area contributed by atoms with E-state index in [0.717, 1.165) is 35.8 Å². The molecule has 2 rings (SSSR count). The van der Waals surface area contributed by atoms with E-state index in [1.54, 1.807) is 22.7 Å². The summed E-state index contributed by atoms with van der Waals surface area (Å²) >= 11 is 3.36. The molecule has 0 unspecified atom stereocenters. The van der Waals surface area contributed by atoms with Crippen LogP contribution >= 0.6 is 22.7 Å². The average Bonchev–Trinajstić information content (AvgIpc) is 2.96. The largest absolute Gasteiger partial charge is 0.363 e. The smallest absolute Gasteiger partial charge is 0.205 e. The van der Waals surface area contributed by atoms with Crippen LogP contribution in [0.2, 0.25) is 0 Å². The van der Waals surface area contributed by atoms with Crippen molar-refractivity contribution in [3.05, 3.63) is 10.7 Å². The Bertz CT molecular complexity index is 504. The van der Waals surface area contributed by atoms with Crippen molar-refractivity contribution in [3.63, 3.8) is 0 Å². The number of rotatable bonds is 6. The minimum atomic E-state index is 0.859. The van der Waals surface area contributed by atoms with Gasteiger partial charge in [-0.05, 0) is 19.3 Å². The molecule has 18 heavy (non-hydrogen) atoms. The van der Waals surface area contributed by atoms with Gasteiger partial charge in [0, 0.05) is 7.05 Å². The van der Waals surface area contributed by atoms with E-state index in [1.807, 2.05) is 7.05 Å². The normalized spacial score (nSPS) is 10.8. The Morgan fingerprint density at radius 2 is 1.83 bits per heavy atom. The standard InChI is InChI=1S/C12H18N4S2/c1-4-6-8-10(17-9(14-8)7-5-2)11-15-16-12(13-3)18-11/h4-7H2,1-3H3,(H,13,16). The number of aromatic nitrogens is 3. The molecule has 2 heterocycles. The van der Waals surface area contributed by atoms with Crippen molar-refractivity contribution in [2.75, 3.05) is 12.4 Å². The topological polar surface area (TPSA) is 50.7 Å². The fourth-order valence-electron chi connectivity index (χ4n) is 1.71. The molecule has 0 aliphatic rings. The molecule has 0 aliphatic carbocycles. The molecule has 98 valence electrons. The predicted molar refractivity (Wildman–Crippen MR) is 78.6 cm³/mol. The highest BCUT2D eigenvalue weighted by atomic mass is 32.1. The molecule has 1 N–H and O–H groups in total. The van der Waals surface area contributed by atoms with Crippen molar-refractivity contribution in [1.29, 1.82) is 0 Å². The van der Waals surface area contributed by atoms with Crippen LogP contribution in [0, 0.1) is 0 Å². The zero-order valence-electron chi connectivity index (χ0n) is 11.0. The van der Waals surface area contributed by atoms with E-state index in [4.69, 9.17) is 4.98 Å². The summed E-state index contributed by atoms with van der Waals surface area (Å²) in [5, 5.41) is 14.5. The van der Waals surface area contributed by atoms with Gasteiger partial charge in [-0.3, -0.25) is 0 Å². The van der Waals surface area contributed by atoms with E-state index in [1.165, 1.54) is 15.6 Å². The Morgan fingerprint density at radius 3 is 2.44 bits per heavy atom. The number of hydrogen-bond acceptors (Lipinski definition) is 6. The van der Waals surface area contributed by atoms with Gasteiger partial charge in [0.1, 0.15) is 0 Å². The lowest BCUT2D eigenvalue weighted by Gasteiger charge is -1.94. The molecular weight excluding hydrogens is 264 g/mol. The highest BCUT2D eigenvalue weighted by molar-refractivity contribution is 7.23. The summed E-state index contributed by atoms with van der Waals surface area (Å²) in [7, 11) is 1.87. The number of nitrogens with zero attached hydrogens (tertiary/aromatic N) is 3. The van der Waals surface area contributed by atoms with E-state index in [-0.39, 0.29) is 0 Å². The first-order valence-electron chi connectivity index (χ1n) is 6.28. The molecule has 2 aromatic rings. The van der Waals surface area contributed by atoms with Gasteiger partial charge < -0.3 is 5.32 Å². The fraction of sp³-hybridized carbons (Fsp3) is 0.583. The van der Waals surface area contributed by atoms with Gasteiger partial charge >= 0.3 is 0 Å². The molecular formula is C12H18N4S2. The summed E-state index contributed by atoms with van der Waals surface area (Å²) in [6, 6.07) is 0. The molecule has 0 atom stereocenters. The van der Waals surface area contributed by atoms with Crippen molar-refractivity contribution < 1.29 is 0 Å². The van der Waals surface area contributed by atoms with Crippen LogP contribution in [0.5, 0.6) is 0 Å². The maximum Gasteiger partial charge on any atom is 0.205 e. The minimum absolute atomic E-state index is 0.859. The Balaban J connectivity index is 2.34. The third-order valence-corrected chi connectivity index (χ3v) is 4.78. The molecule has 6 heteroatoms. The van der Waals surface area contributed by atoms with Gasteiger partial charge in [0.2, 0.25) is 5.13 Å². The van der Waals surface area contributed by atoms with Crippen LogP contribution in [-0.4, -0.2) is 22.2 Å². The zero-order valence-corrected chi connectivity index (χ0v) is 12.6. The Hall–Kier alpha value is -1.01. The SMILES string of the molecule is CCCc1nc(CCC)c(-c2nnc(NC)s2)s1. The summed E-state index contributed by atoms with van der Waals surface area (Å²) < 4.78 is 0. The molecule has 0 amide bonds. The van der Waals surface area contributed by atoms with E-state index in [0.29, 0.717) is 0 Å². The quantitative estimate of drug-likeness (QED) is 0.879. The third kappa shape index (κ3) is 2.87. The molecule has 2 aromatic heterocycles. The number of aryl methyl sites for hydroxylation is 2. The molecule has 0 saturated carbocycles. The van der Waals surface area contributed by atoms with Gasteiger partial charge in [0.15, 0.2) is 5.01 Å². The average molecular weight is 282 g/mol. The molecule has 0 aromatic carbocycles. The van der Waals surface area contributed by atoms with Crippen LogP contribution in [0.1, 0.15) is 37.4 Å². The number of thiazole rings is 1. The highest BCUT2D eigenvalue weighted by Crippen LogP contribution is 2.34. The minimum Gasteiger partial charge on any atom is -0.363 e.